The van der Waals surface area contributed by atoms with Crippen LogP contribution in [0.5, 0.6) is 0 Å². The average molecular weight is 394 g/mol. The number of carbonyl (C=O) groups excluding carboxylic acids is 1. The molecule has 0 bridgehead atoms. The molecule has 1 aromatic carbocycles. The number of carbonyl (C=O) groups is 1. The first kappa shape index (κ1) is 20.5. The van der Waals surface area contributed by atoms with Gasteiger partial charge in [0, 0.05) is 12.1 Å². The summed E-state index contributed by atoms with van der Waals surface area (Å²) in [5.74, 6) is 10.6. The van der Waals surface area contributed by atoms with Crippen molar-refractivity contribution in [2.45, 2.75) is 57.7 Å². The molecule has 1 fully saturated rings. The zero-order valence-corrected chi connectivity index (χ0v) is 16.0. The van der Waals surface area contributed by atoms with Crippen molar-refractivity contribution in [1.82, 2.24) is 10.9 Å². The van der Waals surface area contributed by atoms with Crippen molar-refractivity contribution in [1.29, 1.82) is 0 Å². The van der Waals surface area contributed by atoms with Gasteiger partial charge < -0.3 is 5.32 Å². The van der Waals surface area contributed by atoms with E-state index in [2.05, 4.69) is 22.7 Å². The Morgan fingerprint density at radius 2 is 1.96 bits per heavy atom. The van der Waals surface area contributed by atoms with Gasteiger partial charge >= 0.3 is 6.18 Å². The molecule has 2 aliphatic rings. The smallest absolute Gasteiger partial charge is 0.340 e. The summed E-state index contributed by atoms with van der Waals surface area (Å²) in [7, 11) is 0. The molecule has 1 saturated carbocycles. The van der Waals surface area contributed by atoms with Gasteiger partial charge in [0.25, 0.3) is 0 Å². The van der Waals surface area contributed by atoms with Crippen LogP contribution in [0.4, 0.5) is 18.9 Å². The van der Waals surface area contributed by atoms with E-state index in [9.17, 15) is 18.0 Å². The number of alkyl halides is 3. The number of nitrogens with one attached hydrogen (secondary N) is 2. The Hall–Kier alpha value is -2.24. The number of benzene rings is 1. The lowest BCUT2D eigenvalue weighted by Crippen LogP contribution is -2.49. The third-order valence-corrected chi connectivity index (χ3v) is 5.32. The number of hydrogen-bond donors (Lipinski definition) is 3. The molecule has 152 valence electrons. The molecule has 0 radical (unpaired) electrons. The number of nitrogens with two attached hydrogens (primary N) is 1. The summed E-state index contributed by atoms with van der Waals surface area (Å²) in [5, 5.41) is 4.33. The fraction of sp³-hybridized carbons (Fsp3) is 0.550. The Morgan fingerprint density at radius 1 is 1.25 bits per heavy atom. The summed E-state index contributed by atoms with van der Waals surface area (Å²) in [6.07, 6.45) is -2.07. The summed E-state index contributed by atoms with van der Waals surface area (Å²) in [6.45, 7) is 4.00. The van der Waals surface area contributed by atoms with Crippen molar-refractivity contribution < 1.29 is 18.0 Å². The van der Waals surface area contributed by atoms with Crippen molar-refractivity contribution >= 4 is 11.6 Å². The molecule has 1 amide bonds. The van der Waals surface area contributed by atoms with Crippen LogP contribution in [-0.2, 0) is 11.2 Å². The third kappa shape index (κ3) is 3.96. The molecule has 0 atom stereocenters. The Kier molecular flexibility index (Phi) is 5.34. The lowest BCUT2D eigenvalue weighted by atomic mass is 9.98. The number of fused-ring (bicyclic) bond motifs is 1. The minimum absolute atomic E-state index is 0.167. The van der Waals surface area contributed by atoms with Gasteiger partial charge in [-0.2, -0.15) is 18.7 Å². The van der Waals surface area contributed by atoms with Crippen molar-refractivity contribution in [2.75, 3.05) is 11.6 Å². The number of nitrogens with zero attached hydrogens (tertiary/aromatic N) is 1. The Labute approximate surface area is 162 Å². The quantitative estimate of drug-likeness (QED) is 0.419. The van der Waals surface area contributed by atoms with Crippen LogP contribution in [0.3, 0.4) is 0 Å². The highest BCUT2D eigenvalue weighted by Crippen LogP contribution is 2.57. The number of amides is 1. The first-order valence-electron chi connectivity index (χ1n) is 9.38. The molecule has 8 heteroatoms. The average Bonchev–Trinajstić information content (AvgIpc) is 3.43. The zero-order chi connectivity index (χ0) is 20.6. The molecular weight excluding hydrogens is 369 g/mol. The fourth-order valence-corrected chi connectivity index (χ4v) is 3.46. The largest absolute Gasteiger partial charge is 0.403 e. The highest BCUT2D eigenvalue weighted by Gasteiger charge is 2.68. The molecule has 28 heavy (non-hydrogen) atoms. The van der Waals surface area contributed by atoms with Gasteiger partial charge in [0.05, 0.1) is 11.2 Å². The van der Waals surface area contributed by atoms with Gasteiger partial charge in [0.1, 0.15) is 5.41 Å². The molecule has 1 aliphatic carbocycles. The number of rotatable bonds is 3. The summed E-state index contributed by atoms with van der Waals surface area (Å²) in [4.78, 5) is 12.2. The van der Waals surface area contributed by atoms with Crippen molar-refractivity contribution in [3.05, 3.63) is 29.3 Å². The molecule has 1 aromatic rings. The summed E-state index contributed by atoms with van der Waals surface area (Å²) >= 11 is 0. The normalized spacial score (nSPS) is 18.4. The number of hydrogen-bond acceptors (Lipinski definition) is 4. The van der Waals surface area contributed by atoms with Crippen LogP contribution in [0, 0.1) is 17.3 Å². The minimum atomic E-state index is -4.53. The molecule has 4 N–H and O–H groups in total. The van der Waals surface area contributed by atoms with Crippen LogP contribution < -0.4 is 21.7 Å². The van der Waals surface area contributed by atoms with E-state index in [-0.39, 0.29) is 12.8 Å². The van der Waals surface area contributed by atoms with Gasteiger partial charge in [0.15, 0.2) is 0 Å². The van der Waals surface area contributed by atoms with E-state index in [0.717, 1.165) is 42.6 Å². The van der Waals surface area contributed by atoms with E-state index in [1.807, 2.05) is 23.2 Å². The van der Waals surface area contributed by atoms with Crippen molar-refractivity contribution in [2.24, 2.45) is 11.3 Å². The highest BCUT2D eigenvalue weighted by molar-refractivity contribution is 5.87. The van der Waals surface area contributed by atoms with Gasteiger partial charge in [-0.15, -0.1) is 0 Å². The standard InChI is InChI=1S/C20H25F3N4O/c1-18(2,25-17(28)19(11-12-19)20(21,22)23)10-9-14-6-5-8-16-15(14)7-3-4-13-27(16)26-24/h5-6,8,26H,3-4,7,11-13,24H2,1-2H3,(H,25,28). The number of anilines is 1. The van der Waals surface area contributed by atoms with E-state index in [0.29, 0.717) is 0 Å². The maximum atomic E-state index is 13.2. The van der Waals surface area contributed by atoms with E-state index in [4.69, 9.17) is 5.84 Å². The van der Waals surface area contributed by atoms with Gasteiger partial charge in [-0.05, 0) is 63.6 Å². The van der Waals surface area contributed by atoms with Crippen molar-refractivity contribution in [3.63, 3.8) is 0 Å². The molecule has 0 saturated heterocycles. The fourth-order valence-electron chi connectivity index (χ4n) is 3.46. The minimum Gasteiger partial charge on any atom is -0.340 e. The van der Waals surface area contributed by atoms with E-state index in [1.54, 1.807) is 13.8 Å². The highest BCUT2D eigenvalue weighted by atomic mass is 19.4. The topological polar surface area (TPSA) is 70.4 Å². The van der Waals surface area contributed by atoms with Gasteiger partial charge in [-0.1, -0.05) is 17.9 Å². The van der Waals surface area contributed by atoms with E-state index < -0.39 is 23.0 Å². The first-order chi connectivity index (χ1) is 13.1. The van der Waals surface area contributed by atoms with Crippen LogP contribution in [0.1, 0.15) is 50.7 Å². The molecule has 0 aromatic heterocycles. The maximum absolute atomic E-state index is 13.2. The summed E-state index contributed by atoms with van der Waals surface area (Å²) < 4.78 is 39.5. The summed E-state index contributed by atoms with van der Waals surface area (Å²) in [6, 6.07) is 5.70. The van der Waals surface area contributed by atoms with Crippen LogP contribution in [0.2, 0.25) is 0 Å². The second kappa shape index (κ2) is 7.30. The summed E-state index contributed by atoms with van der Waals surface area (Å²) in [5.41, 5.74) is 2.13. The van der Waals surface area contributed by atoms with Gasteiger partial charge in [0.2, 0.25) is 5.91 Å². The van der Waals surface area contributed by atoms with E-state index >= 15 is 0 Å². The molecule has 0 unspecified atom stereocenters. The number of halogens is 3. The second-order valence-corrected chi connectivity index (χ2v) is 7.95. The molecule has 5 nitrogen and oxygen atoms in total. The molecule has 1 aliphatic heterocycles. The molecular formula is C20H25F3N4O. The third-order valence-electron chi connectivity index (χ3n) is 5.32. The first-order valence-corrected chi connectivity index (χ1v) is 9.38. The Balaban J connectivity index is 1.82. The Morgan fingerprint density at radius 3 is 2.57 bits per heavy atom. The predicted octanol–water partition coefficient (Wildman–Crippen LogP) is 2.80. The van der Waals surface area contributed by atoms with Crippen molar-refractivity contribution in [3.8, 4) is 11.8 Å². The Bertz CT molecular complexity index is 819. The zero-order valence-electron chi connectivity index (χ0n) is 16.0. The maximum Gasteiger partial charge on any atom is 0.403 e. The number of hydrazine groups is 2. The van der Waals surface area contributed by atoms with Gasteiger partial charge in [-0.25, -0.2) is 0 Å². The lowest BCUT2D eigenvalue weighted by molar-refractivity contribution is -0.192. The van der Waals surface area contributed by atoms with E-state index in [1.165, 1.54) is 0 Å². The SMILES string of the molecule is CC(C)(C#Cc1cccc2c1CCCCN2NN)NC(=O)C1(C(F)(F)F)CC1. The van der Waals surface area contributed by atoms with Crippen LogP contribution in [-0.4, -0.2) is 24.2 Å². The second-order valence-electron chi connectivity index (χ2n) is 7.95. The van der Waals surface area contributed by atoms with Crippen LogP contribution in [0.25, 0.3) is 0 Å². The van der Waals surface area contributed by atoms with Crippen LogP contribution >= 0.6 is 0 Å². The molecule has 1 heterocycles. The lowest BCUT2D eigenvalue weighted by Gasteiger charge is -2.25. The molecule has 0 spiro atoms. The molecule has 3 rings (SSSR count). The predicted molar refractivity (Wildman–Crippen MR) is 101 cm³/mol. The monoisotopic (exact) mass is 394 g/mol. The van der Waals surface area contributed by atoms with Gasteiger partial charge in [-0.3, -0.25) is 15.6 Å². The van der Waals surface area contributed by atoms with Crippen LogP contribution in [0.15, 0.2) is 18.2 Å².